The van der Waals surface area contributed by atoms with Crippen molar-refractivity contribution in [1.82, 2.24) is 0 Å². The van der Waals surface area contributed by atoms with Gasteiger partial charge in [0, 0.05) is 17.8 Å². The van der Waals surface area contributed by atoms with Crippen LogP contribution in [0.5, 0.6) is 11.5 Å². The SMILES string of the molecule is COc1ccc(C(=O)P(=O)(CC(C)C)C(=O)c2c(C)cc(C)cc2C)c(OC)c1. The fourth-order valence-electron chi connectivity index (χ4n) is 3.64. The Morgan fingerprint density at radius 3 is 2.00 bits per heavy atom. The van der Waals surface area contributed by atoms with Crippen LogP contribution in [-0.4, -0.2) is 31.4 Å². The van der Waals surface area contributed by atoms with E-state index in [1.807, 2.05) is 46.8 Å². The lowest BCUT2D eigenvalue weighted by molar-refractivity contribution is 0.103. The Morgan fingerprint density at radius 1 is 0.931 bits per heavy atom. The molecule has 0 heterocycles. The molecule has 1 unspecified atom stereocenters. The van der Waals surface area contributed by atoms with Gasteiger partial charge in [0.15, 0.2) is 0 Å². The van der Waals surface area contributed by atoms with Crippen LogP contribution in [0.1, 0.15) is 51.3 Å². The minimum absolute atomic E-state index is 0.00655. The minimum Gasteiger partial charge on any atom is -0.497 e. The molecule has 5 nitrogen and oxygen atoms in total. The fourth-order valence-corrected chi connectivity index (χ4v) is 6.47. The maximum Gasteiger partial charge on any atom is 0.232 e. The van der Waals surface area contributed by atoms with Crippen LogP contribution in [-0.2, 0) is 4.57 Å². The molecule has 2 aromatic rings. The fraction of sp³-hybridized carbons (Fsp3) is 0.391. The maximum absolute atomic E-state index is 14.1. The largest absolute Gasteiger partial charge is 0.497 e. The number of carbonyl (C=O) groups is 2. The summed E-state index contributed by atoms with van der Waals surface area (Å²) in [6, 6.07) is 8.41. The van der Waals surface area contributed by atoms with Gasteiger partial charge in [-0.1, -0.05) is 31.5 Å². The van der Waals surface area contributed by atoms with Gasteiger partial charge in [-0.25, -0.2) is 0 Å². The average molecular weight is 416 g/mol. The molecule has 2 rings (SSSR count). The van der Waals surface area contributed by atoms with Crippen LogP contribution >= 0.6 is 7.14 Å². The molecule has 0 bridgehead atoms. The van der Waals surface area contributed by atoms with Gasteiger partial charge in [-0.3, -0.25) is 9.59 Å². The third-order valence-electron chi connectivity index (χ3n) is 4.81. The second-order valence-corrected chi connectivity index (χ2v) is 10.4. The third-order valence-corrected chi connectivity index (χ3v) is 7.83. The van der Waals surface area contributed by atoms with Gasteiger partial charge in [0.25, 0.3) is 0 Å². The van der Waals surface area contributed by atoms with Crippen molar-refractivity contribution >= 4 is 18.2 Å². The van der Waals surface area contributed by atoms with Crippen molar-refractivity contribution < 1.29 is 23.6 Å². The quantitative estimate of drug-likeness (QED) is 0.522. The predicted molar refractivity (Wildman–Crippen MR) is 116 cm³/mol. The molecule has 0 saturated heterocycles. The van der Waals surface area contributed by atoms with E-state index in [1.165, 1.54) is 20.3 Å². The Hall–Kier alpha value is -2.39. The van der Waals surface area contributed by atoms with Crippen LogP contribution < -0.4 is 9.47 Å². The number of ether oxygens (including phenoxy) is 2. The second kappa shape index (κ2) is 8.96. The van der Waals surface area contributed by atoms with Crippen molar-refractivity contribution in [2.24, 2.45) is 5.92 Å². The summed E-state index contributed by atoms with van der Waals surface area (Å²) in [5.74, 6) is 0.654. The number of hydrogen-bond donors (Lipinski definition) is 0. The molecule has 0 fully saturated rings. The summed E-state index contributed by atoms with van der Waals surface area (Å²) in [5, 5.41) is 0. The van der Waals surface area contributed by atoms with E-state index in [2.05, 4.69) is 0 Å². The van der Waals surface area contributed by atoms with E-state index in [0.29, 0.717) is 11.3 Å². The number of methoxy groups -OCH3 is 2. The summed E-state index contributed by atoms with van der Waals surface area (Å²) >= 11 is 0. The first-order chi connectivity index (χ1) is 13.5. The van der Waals surface area contributed by atoms with E-state index in [9.17, 15) is 14.2 Å². The molecule has 0 amide bonds. The lowest BCUT2D eigenvalue weighted by atomic mass is 10.0. The highest BCUT2D eigenvalue weighted by molar-refractivity contribution is 7.95. The molecule has 0 aromatic heterocycles. The summed E-state index contributed by atoms with van der Waals surface area (Å²) < 4.78 is 24.5. The lowest BCUT2D eigenvalue weighted by Crippen LogP contribution is -2.18. The first kappa shape index (κ1) is 22.9. The van der Waals surface area contributed by atoms with Gasteiger partial charge < -0.3 is 14.0 Å². The Morgan fingerprint density at radius 2 is 1.52 bits per heavy atom. The predicted octanol–water partition coefficient (Wildman–Crippen LogP) is 5.63. The molecule has 0 saturated carbocycles. The Kier molecular flexibility index (Phi) is 7.07. The maximum atomic E-state index is 14.1. The minimum atomic E-state index is -3.93. The summed E-state index contributed by atoms with van der Waals surface area (Å²) in [6.07, 6.45) is 0.00655. The van der Waals surface area contributed by atoms with Gasteiger partial charge in [0.05, 0.1) is 19.8 Å². The third kappa shape index (κ3) is 4.62. The smallest absolute Gasteiger partial charge is 0.232 e. The summed E-state index contributed by atoms with van der Waals surface area (Å²) in [4.78, 5) is 27.0. The summed E-state index contributed by atoms with van der Waals surface area (Å²) in [6.45, 7) is 9.27. The number of aryl methyl sites for hydroxylation is 3. The van der Waals surface area contributed by atoms with E-state index >= 15 is 0 Å². The molecule has 1 atom stereocenters. The van der Waals surface area contributed by atoms with Crippen LogP contribution in [0.3, 0.4) is 0 Å². The highest BCUT2D eigenvalue weighted by Gasteiger charge is 2.43. The number of hydrogen-bond acceptors (Lipinski definition) is 5. The Bertz CT molecular complexity index is 968. The topological polar surface area (TPSA) is 69.7 Å². The van der Waals surface area contributed by atoms with Crippen LogP contribution in [0.2, 0.25) is 0 Å². The van der Waals surface area contributed by atoms with E-state index in [1.54, 1.807) is 12.1 Å². The number of rotatable bonds is 8. The van der Waals surface area contributed by atoms with Crippen LogP contribution in [0.15, 0.2) is 30.3 Å². The highest BCUT2D eigenvalue weighted by atomic mass is 31.2. The van der Waals surface area contributed by atoms with Gasteiger partial charge in [-0.2, -0.15) is 0 Å². The van der Waals surface area contributed by atoms with Crippen molar-refractivity contribution in [2.75, 3.05) is 20.4 Å². The zero-order chi connectivity index (χ0) is 21.9. The molecule has 2 aromatic carbocycles. The molecule has 29 heavy (non-hydrogen) atoms. The molecule has 6 heteroatoms. The normalized spacial score (nSPS) is 13.1. The standard InChI is InChI=1S/C23H29O5P/c1-14(2)13-29(26,23(25)21-16(4)10-15(3)11-17(21)5)22(24)19-9-8-18(27-6)12-20(19)28-7/h8-12,14H,13H2,1-7H3. The summed E-state index contributed by atoms with van der Waals surface area (Å²) in [7, 11) is -1.00. The van der Waals surface area contributed by atoms with Crippen molar-refractivity contribution in [1.29, 1.82) is 0 Å². The molecule has 0 aliphatic heterocycles. The van der Waals surface area contributed by atoms with Crippen LogP contribution in [0.4, 0.5) is 0 Å². The zero-order valence-corrected chi connectivity index (χ0v) is 19.1. The van der Waals surface area contributed by atoms with Gasteiger partial charge >= 0.3 is 0 Å². The molecular weight excluding hydrogens is 387 g/mol. The molecule has 156 valence electrons. The molecule has 0 aliphatic carbocycles. The molecule has 0 N–H and O–H groups in total. The molecule has 0 radical (unpaired) electrons. The average Bonchev–Trinajstić information content (AvgIpc) is 2.65. The van der Waals surface area contributed by atoms with E-state index in [4.69, 9.17) is 9.47 Å². The van der Waals surface area contributed by atoms with Gasteiger partial charge in [-0.05, 0) is 49.9 Å². The van der Waals surface area contributed by atoms with Gasteiger partial charge in [0.1, 0.15) is 11.5 Å². The lowest BCUT2D eigenvalue weighted by Gasteiger charge is -2.21. The van der Waals surface area contributed by atoms with Crippen molar-refractivity contribution in [3.63, 3.8) is 0 Å². The van der Waals surface area contributed by atoms with E-state index in [0.717, 1.165) is 16.7 Å². The monoisotopic (exact) mass is 416 g/mol. The second-order valence-electron chi connectivity index (χ2n) is 7.77. The van der Waals surface area contributed by atoms with Crippen LogP contribution in [0.25, 0.3) is 0 Å². The molecule has 0 spiro atoms. The van der Waals surface area contributed by atoms with Gasteiger partial charge in [0.2, 0.25) is 18.2 Å². The first-order valence-corrected chi connectivity index (χ1v) is 11.4. The van der Waals surface area contributed by atoms with E-state index in [-0.39, 0.29) is 23.4 Å². The van der Waals surface area contributed by atoms with Crippen molar-refractivity contribution in [3.05, 3.63) is 58.1 Å². The number of carbonyl (C=O) groups excluding carboxylic acids is 2. The zero-order valence-electron chi connectivity index (χ0n) is 18.2. The highest BCUT2D eigenvalue weighted by Crippen LogP contribution is 2.55. The van der Waals surface area contributed by atoms with Crippen molar-refractivity contribution in [3.8, 4) is 11.5 Å². The van der Waals surface area contributed by atoms with Gasteiger partial charge in [-0.15, -0.1) is 0 Å². The Balaban J connectivity index is 2.66. The molecule has 0 aliphatic rings. The van der Waals surface area contributed by atoms with Crippen LogP contribution in [0, 0.1) is 26.7 Å². The summed E-state index contributed by atoms with van der Waals surface area (Å²) in [5.41, 5.74) is 1.72. The Labute approximate surface area is 172 Å². The molecular formula is C23H29O5P. The van der Waals surface area contributed by atoms with Crippen molar-refractivity contribution in [2.45, 2.75) is 34.6 Å². The van der Waals surface area contributed by atoms with E-state index < -0.39 is 18.2 Å². The number of benzene rings is 2. The first-order valence-electron chi connectivity index (χ1n) is 9.53.